The number of hydrogen-bond acceptors (Lipinski definition) is 3. The zero-order chi connectivity index (χ0) is 21.9. The van der Waals surface area contributed by atoms with Gasteiger partial charge in [0.25, 0.3) is 0 Å². The van der Waals surface area contributed by atoms with Crippen molar-refractivity contribution in [3.8, 4) is 0 Å². The molecule has 0 amide bonds. The van der Waals surface area contributed by atoms with Crippen molar-refractivity contribution in [1.29, 1.82) is 0 Å². The van der Waals surface area contributed by atoms with Crippen molar-refractivity contribution in [3.05, 3.63) is 72.8 Å². The third-order valence-corrected chi connectivity index (χ3v) is 5.93. The van der Waals surface area contributed by atoms with Gasteiger partial charge in [0.2, 0.25) is 0 Å². The lowest BCUT2D eigenvalue weighted by Crippen LogP contribution is -2.64. The van der Waals surface area contributed by atoms with Crippen LogP contribution in [0.4, 0.5) is 26.3 Å². The SMILES string of the molecule is O=S(=O)(O)C1(F)C=CC(F)C(F)(F)C1(F)F.c1ccc(Sc2ccccc2)cc1. The topological polar surface area (TPSA) is 54.4 Å². The molecule has 3 nitrogen and oxygen atoms in total. The first-order valence-corrected chi connectivity index (χ1v) is 10.1. The minimum absolute atomic E-state index is 0.384. The molecule has 0 aromatic heterocycles. The lowest BCUT2D eigenvalue weighted by molar-refractivity contribution is -0.264. The van der Waals surface area contributed by atoms with E-state index in [0.717, 1.165) is 0 Å². The third kappa shape index (κ3) is 4.62. The van der Waals surface area contributed by atoms with E-state index >= 15 is 0 Å². The lowest BCUT2D eigenvalue weighted by atomic mass is 9.95. The maximum absolute atomic E-state index is 13.2. The first kappa shape index (κ1) is 23.3. The smallest absolute Gasteiger partial charge is 0.283 e. The monoisotopic (exact) mass is 456 g/mol. The highest BCUT2D eigenvalue weighted by Gasteiger charge is 2.78. The highest BCUT2D eigenvalue weighted by Crippen LogP contribution is 2.53. The Balaban J connectivity index is 0.000000211. The molecule has 1 N–H and O–H groups in total. The van der Waals surface area contributed by atoms with Crippen LogP contribution in [0.3, 0.4) is 0 Å². The summed E-state index contributed by atoms with van der Waals surface area (Å²) in [6.07, 6.45) is -4.57. The summed E-state index contributed by atoms with van der Waals surface area (Å²) in [5.41, 5.74) is 0. The Morgan fingerprint density at radius 3 is 1.62 bits per heavy atom. The van der Waals surface area contributed by atoms with Crippen LogP contribution in [0.5, 0.6) is 0 Å². The minimum atomic E-state index is -6.18. The van der Waals surface area contributed by atoms with Crippen molar-refractivity contribution in [2.75, 3.05) is 0 Å². The number of benzene rings is 2. The summed E-state index contributed by atoms with van der Waals surface area (Å²) in [6.45, 7) is 0. The van der Waals surface area contributed by atoms with E-state index in [4.69, 9.17) is 4.55 Å². The van der Waals surface area contributed by atoms with Gasteiger partial charge in [0.05, 0.1) is 0 Å². The second-order valence-corrected chi connectivity index (χ2v) is 8.50. The van der Waals surface area contributed by atoms with E-state index in [2.05, 4.69) is 48.5 Å². The second kappa shape index (κ2) is 8.41. The lowest BCUT2D eigenvalue weighted by Gasteiger charge is -2.37. The Morgan fingerprint density at radius 2 is 1.24 bits per heavy atom. The van der Waals surface area contributed by atoms with Crippen molar-refractivity contribution >= 4 is 21.9 Å². The van der Waals surface area contributed by atoms with Gasteiger partial charge < -0.3 is 0 Å². The standard InChI is InChI=1S/C12H10S.C6H4F6O3S/c1-3-7-11(8-4-1)13-12-9-5-2-6-10-12;7-3-1-2-4(8,16(13,14)15)6(11,12)5(3,9)10/h1-10H;1-3H,(H,13,14,15). The molecule has 0 spiro atoms. The van der Waals surface area contributed by atoms with Gasteiger partial charge in [0, 0.05) is 9.79 Å². The van der Waals surface area contributed by atoms with Crippen LogP contribution in [0, 0.1) is 0 Å². The first-order valence-electron chi connectivity index (χ1n) is 7.86. The van der Waals surface area contributed by atoms with Crippen LogP contribution in [-0.2, 0) is 10.1 Å². The largest absolute Gasteiger partial charge is 0.367 e. The molecule has 0 radical (unpaired) electrons. The first-order chi connectivity index (χ1) is 13.3. The van der Waals surface area contributed by atoms with Crippen LogP contribution in [0.1, 0.15) is 0 Å². The molecule has 29 heavy (non-hydrogen) atoms. The number of hydrogen-bond donors (Lipinski definition) is 1. The second-order valence-electron chi connectivity index (χ2n) is 5.81. The maximum atomic E-state index is 13.2. The Hall–Kier alpha value is -1.98. The molecule has 2 unspecified atom stereocenters. The number of halogens is 6. The van der Waals surface area contributed by atoms with Gasteiger partial charge in [0.1, 0.15) is 0 Å². The fourth-order valence-electron chi connectivity index (χ4n) is 2.20. The molecule has 0 bridgehead atoms. The van der Waals surface area contributed by atoms with Crippen LogP contribution >= 0.6 is 11.8 Å². The van der Waals surface area contributed by atoms with Gasteiger partial charge in [-0.3, -0.25) is 4.55 Å². The summed E-state index contributed by atoms with van der Waals surface area (Å²) in [6, 6.07) is 20.8. The van der Waals surface area contributed by atoms with E-state index in [9.17, 15) is 34.8 Å². The van der Waals surface area contributed by atoms with Gasteiger partial charge in [-0.25, -0.2) is 8.78 Å². The number of rotatable bonds is 3. The zero-order valence-corrected chi connectivity index (χ0v) is 16.0. The van der Waals surface area contributed by atoms with Crippen molar-refractivity contribution in [1.82, 2.24) is 0 Å². The molecule has 2 aromatic rings. The normalized spacial score (nSPS) is 25.0. The van der Waals surface area contributed by atoms with E-state index in [1.165, 1.54) is 9.79 Å². The fraction of sp³-hybridized carbons (Fsp3) is 0.222. The van der Waals surface area contributed by atoms with E-state index in [1.54, 1.807) is 11.8 Å². The Kier molecular flexibility index (Phi) is 6.75. The third-order valence-electron chi connectivity index (χ3n) is 3.77. The van der Waals surface area contributed by atoms with Gasteiger partial charge in [-0.1, -0.05) is 48.2 Å². The van der Waals surface area contributed by atoms with Gasteiger partial charge in [-0.15, -0.1) is 0 Å². The van der Waals surface area contributed by atoms with E-state index < -0.39 is 39.2 Å². The highest BCUT2D eigenvalue weighted by molar-refractivity contribution is 7.99. The van der Waals surface area contributed by atoms with Crippen LogP contribution in [0.2, 0.25) is 0 Å². The summed E-state index contributed by atoms with van der Waals surface area (Å²) < 4.78 is 105. The van der Waals surface area contributed by atoms with E-state index in [1.807, 2.05) is 12.1 Å². The molecule has 0 heterocycles. The van der Waals surface area contributed by atoms with Gasteiger partial charge in [-0.2, -0.15) is 26.0 Å². The predicted molar refractivity (Wildman–Crippen MR) is 96.3 cm³/mol. The highest BCUT2D eigenvalue weighted by atomic mass is 32.2. The fourth-order valence-corrected chi connectivity index (χ4v) is 3.76. The van der Waals surface area contributed by atoms with Gasteiger partial charge in [-0.05, 0) is 36.4 Å². The summed E-state index contributed by atoms with van der Waals surface area (Å²) in [5, 5.41) is -5.05. The molecule has 3 rings (SSSR count). The van der Waals surface area contributed by atoms with Crippen LogP contribution in [0.25, 0.3) is 0 Å². The average Bonchev–Trinajstić information content (AvgIpc) is 2.65. The number of allylic oxidation sites excluding steroid dienone is 1. The Labute approximate surface area is 167 Å². The van der Waals surface area contributed by atoms with Gasteiger partial charge >= 0.3 is 27.0 Å². The van der Waals surface area contributed by atoms with Crippen molar-refractivity contribution in [2.45, 2.75) is 32.8 Å². The predicted octanol–water partition coefficient (Wildman–Crippen LogP) is 5.56. The quantitative estimate of drug-likeness (QED) is 0.374. The van der Waals surface area contributed by atoms with Crippen molar-refractivity contribution in [2.24, 2.45) is 0 Å². The van der Waals surface area contributed by atoms with E-state index in [0.29, 0.717) is 0 Å². The molecular weight excluding hydrogens is 442 g/mol. The number of alkyl halides is 6. The molecule has 0 aliphatic heterocycles. The molecule has 2 atom stereocenters. The maximum Gasteiger partial charge on any atom is 0.367 e. The molecule has 1 aliphatic carbocycles. The summed E-state index contributed by atoms with van der Waals surface area (Å²) in [4.78, 5) is 2.57. The average molecular weight is 456 g/mol. The van der Waals surface area contributed by atoms with Crippen LogP contribution < -0.4 is 0 Å². The molecule has 0 saturated carbocycles. The molecule has 0 saturated heterocycles. The summed E-state index contributed by atoms with van der Waals surface area (Å²) in [5.74, 6) is -11.5. The minimum Gasteiger partial charge on any atom is -0.283 e. The zero-order valence-electron chi connectivity index (χ0n) is 14.4. The Morgan fingerprint density at radius 1 is 0.828 bits per heavy atom. The van der Waals surface area contributed by atoms with E-state index in [-0.39, 0.29) is 6.08 Å². The molecule has 2 aromatic carbocycles. The summed E-state index contributed by atoms with van der Waals surface area (Å²) >= 11 is 1.79. The van der Waals surface area contributed by atoms with Crippen molar-refractivity contribution in [3.63, 3.8) is 0 Å². The Bertz CT molecular complexity index is 915. The molecule has 0 fully saturated rings. The summed E-state index contributed by atoms with van der Waals surface area (Å²) in [7, 11) is -6.18. The van der Waals surface area contributed by atoms with Crippen LogP contribution in [-0.4, -0.2) is 36.0 Å². The molecule has 1 aliphatic rings. The molecular formula is C18H14F6O3S2. The molecule has 158 valence electrons. The molecule has 11 heteroatoms. The van der Waals surface area contributed by atoms with Gasteiger partial charge in [0.15, 0.2) is 6.17 Å². The van der Waals surface area contributed by atoms with Crippen LogP contribution in [0.15, 0.2) is 82.6 Å². The van der Waals surface area contributed by atoms with Crippen molar-refractivity contribution < 1.29 is 39.3 Å².